The van der Waals surface area contributed by atoms with Crippen molar-refractivity contribution in [1.29, 1.82) is 0 Å². The number of ether oxygens (including phenoxy) is 3. The lowest BCUT2D eigenvalue weighted by Gasteiger charge is -2.44. The lowest BCUT2D eigenvalue weighted by atomic mass is 9.70. The van der Waals surface area contributed by atoms with E-state index in [1.165, 1.54) is 18.1 Å². The fraction of sp³-hybridized carbons (Fsp3) is 0.529. The van der Waals surface area contributed by atoms with Gasteiger partial charge in [0, 0.05) is 37.7 Å². The summed E-state index contributed by atoms with van der Waals surface area (Å²) < 4.78 is 35.4. The molecule has 2 aliphatic heterocycles. The zero-order valence-electron chi connectivity index (χ0n) is 25.9. The first-order valence-electron chi connectivity index (χ1n) is 15.5. The first-order valence-corrected chi connectivity index (χ1v) is 17.0. The average molecular weight is 642 g/mol. The van der Waals surface area contributed by atoms with Crippen LogP contribution < -0.4 is 9.64 Å². The maximum atomic E-state index is 13.4. The van der Waals surface area contributed by atoms with Crippen molar-refractivity contribution < 1.29 is 28.0 Å². The first-order chi connectivity index (χ1) is 21.1. The maximum absolute atomic E-state index is 13.4. The predicted molar refractivity (Wildman–Crippen MR) is 173 cm³/mol. The molecular weight excluding hydrogens is 600 g/mol. The number of fused-ring (bicyclic) bond motifs is 3. The lowest BCUT2D eigenvalue weighted by molar-refractivity contribution is -0.146. The summed E-state index contributed by atoms with van der Waals surface area (Å²) >= 11 is 6.42. The number of halogens is 1. The first kappa shape index (κ1) is 32.5. The summed E-state index contributed by atoms with van der Waals surface area (Å²) in [5, 5.41) is 0.164. The monoisotopic (exact) mass is 641 g/mol. The van der Waals surface area contributed by atoms with Gasteiger partial charge in [-0.05, 0) is 97.4 Å². The molecule has 6 atom stereocenters. The second-order valence-corrected chi connectivity index (χ2v) is 14.1. The number of methoxy groups -OCH3 is 1. The van der Waals surface area contributed by atoms with Crippen molar-refractivity contribution in [3.63, 3.8) is 0 Å². The van der Waals surface area contributed by atoms with Gasteiger partial charge < -0.3 is 27.7 Å². The molecule has 5 rings (SSSR count). The van der Waals surface area contributed by atoms with E-state index in [4.69, 9.17) is 25.8 Å². The van der Waals surface area contributed by atoms with Crippen molar-refractivity contribution in [2.45, 2.75) is 76.9 Å². The molecule has 1 amide bonds. The number of nitrogens with zero attached hydrogens (tertiary/aromatic N) is 2. The Morgan fingerprint density at radius 1 is 1.07 bits per heavy atom. The standard InChI is InChI=1S/C34H42ClN2O6S/c1-21-22(2)44(40)36-34(39)25-10-13-33-30(18-25)37(19-26-8-11-28(35)17-24(26)7-5-6-16-42-33)20-27-9-12-29(27)32(41-4)15-14-31(21)43-23(3)38/h8,10-11,13-15,17-18,21-22,27,29,31-32H,5-7,9,12,16,19-20H2,1-4H3/q-1/b15-14+/t21-,22-,27+,29-,31+,32+/m1/s1. The Morgan fingerprint density at radius 3 is 2.59 bits per heavy atom. The van der Waals surface area contributed by atoms with Crippen LogP contribution in [-0.4, -0.2) is 49.6 Å². The number of esters is 1. The summed E-state index contributed by atoms with van der Waals surface area (Å²) in [6, 6.07) is 11.4. The van der Waals surface area contributed by atoms with Crippen LogP contribution in [0.2, 0.25) is 5.02 Å². The van der Waals surface area contributed by atoms with E-state index in [2.05, 4.69) is 21.4 Å². The molecule has 1 fully saturated rings. The number of carbonyl (C=O) groups is 2. The predicted octanol–water partition coefficient (Wildman–Crippen LogP) is 6.92. The highest BCUT2D eigenvalue weighted by atomic mass is 35.5. The number of hydrogen-bond acceptors (Lipinski definition) is 8. The van der Waals surface area contributed by atoms with Crippen LogP contribution in [0, 0.1) is 17.8 Å². The SMILES string of the molecule is CO[C@H]1/C=C/[C@H](OC(C)=O)[C@H](C)[C@@H](C)[S-](=O)=NC(=O)c2ccc3c(c2)N(Cc2ccc(Cl)cc2CCCCO3)C[C@@H]2CC[C@H]21. The van der Waals surface area contributed by atoms with Gasteiger partial charge in [0.2, 0.25) is 0 Å². The van der Waals surface area contributed by atoms with E-state index in [0.29, 0.717) is 30.4 Å². The van der Waals surface area contributed by atoms with Crippen molar-refractivity contribution in [1.82, 2.24) is 0 Å². The highest BCUT2D eigenvalue weighted by Crippen LogP contribution is 2.42. The van der Waals surface area contributed by atoms with Crippen LogP contribution in [0.1, 0.15) is 67.9 Å². The number of hydrogen-bond donors (Lipinski definition) is 0. The van der Waals surface area contributed by atoms with Crippen molar-refractivity contribution in [2.24, 2.45) is 22.1 Å². The van der Waals surface area contributed by atoms with Crippen LogP contribution in [0.3, 0.4) is 0 Å². The fourth-order valence-electron chi connectivity index (χ4n) is 6.39. The third-order valence-corrected chi connectivity index (χ3v) is 11.0. The summed E-state index contributed by atoms with van der Waals surface area (Å²) in [5.41, 5.74) is 3.57. The molecule has 2 bridgehead atoms. The summed E-state index contributed by atoms with van der Waals surface area (Å²) in [4.78, 5) is 27.7. The van der Waals surface area contributed by atoms with E-state index in [0.717, 1.165) is 49.4 Å². The number of carbonyl (C=O) groups excluding carboxylic acids is 2. The largest absolute Gasteiger partial charge is 0.491 e. The summed E-state index contributed by atoms with van der Waals surface area (Å²) in [6.45, 7) is 6.87. The van der Waals surface area contributed by atoms with Gasteiger partial charge in [-0.25, -0.2) is 0 Å². The summed E-state index contributed by atoms with van der Waals surface area (Å²) in [7, 11) is -0.155. The van der Waals surface area contributed by atoms with Gasteiger partial charge in [-0.1, -0.05) is 42.8 Å². The van der Waals surface area contributed by atoms with E-state index in [1.807, 2.05) is 37.3 Å². The molecule has 0 radical (unpaired) electrons. The minimum Gasteiger partial charge on any atom is -0.491 e. The Hall–Kier alpha value is -2.88. The van der Waals surface area contributed by atoms with Gasteiger partial charge in [0.15, 0.2) is 0 Å². The van der Waals surface area contributed by atoms with Crippen LogP contribution in [-0.2, 0) is 42.0 Å². The highest BCUT2D eigenvalue weighted by Gasteiger charge is 2.38. The summed E-state index contributed by atoms with van der Waals surface area (Å²) in [5.74, 6) is -0.0773. The van der Waals surface area contributed by atoms with Crippen molar-refractivity contribution in [3.05, 3.63) is 70.3 Å². The Balaban J connectivity index is 1.62. The summed E-state index contributed by atoms with van der Waals surface area (Å²) in [6.07, 6.45) is 7.80. The molecule has 0 N–H and O–H groups in total. The number of aryl methyl sites for hydroxylation is 1. The Morgan fingerprint density at radius 2 is 1.86 bits per heavy atom. The highest BCUT2D eigenvalue weighted by molar-refractivity contribution is 7.75. The molecule has 10 heteroatoms. The zero-order chi connectivity index (χ0) is 31.4. The molecule has 0 aromatic heterocycles. The van der Waals surface area contributed by atoms with E-state index in [1.54, 1.807) is 20.1 Å². The minimum atomic E-state index is -1.86. The molecule has 2 heterocycles. The molecule has 0 saturated heterocycles. The molecule has 238 valence electrons. The Kier molecular flexibility index (Phi) is 10.7. The third kappa shape index (κ3) is 7.49. The zero-order valence-corrected chi connectivity index (χ0v) is 27.4. The van der Waals surface area contributed by atoms with Crippen molar-refractivity contribution in [2.75, 3.05) is 25.2 Å². The van der Waals surface area contributed by atoms with Gasteiger partial charge in [0.1, 0.15) is 11.9 Å². The second-order valence-electron chi connectivity index (χ2n) is 12.2. The number of amides is 1. The smallest absolute Gasteiger partial charge is 0.303 e. The third-order valence-electron chi connectivity index (χ3n) is 9.34. The molecule has 1 saturated carbocycles. The van der Waals surface area contributed by atoms with Crippen LogP contribution in [0.25, 0.3) is 0 Å². The van der Waals surface area contributed by atoms with E-state index in [9.17, 15) is 13.8 Å². The van der Waals surface area contributed by atoms with Gasteiger partial charge in [0.05, 0.1) is 18.4 Å². The Bertz CT molecular complexity index is 1490. The van der Waals surface area contributed by atoms with E-state index in [-0.39, 0.29) is 17.9 Å². The normalized spacial score (nSPS) is 29.0. The van der Waals surface area contributed by atoms with Crippen molar-refractivity contribution in [3.8, 4) is 5.75 Å². The van der Waals surface area contributed by atoms with Crippen LogP contribution in [0.5, 0.6) is 5.75 Å². The lowest BCUT2D eigenvalue weighted by Crippen LogP contribution is -2.43. The van der Waals surface area contributed by atoms with Gasteiger partial charge in [0.25, 0.3) is 5.91 Å². The topological polar surface area (TPSA) is 94.5 Å². The molecule has 0 spiro atoms. The second kappa shape index (κ2) is 14.5. The molecule has 2 aromatic rings. The molecule has 8 nitrogen and oxygen atoms in total. The van der Waals surface area contributed by atoms with Crippen LogP contribution in [0.15, 0.2) is 52.9 Å². The van der Waals surface area contributed by atoms with Gasteiger partial charge >= 0.3 is 5.97 Å². The quantitative estimate of drug-likeness (QED) is 0.200. The molecule has 3 aliphatic rings. The molecule has 44 heavy (non-hydrogen) atoms. The average Bonchev–Trinajstić information content (AvgIpc) is 3.01. The van der Waals surface area contributed by atoms with Gasteiger partial charge in [-0.3, -0.25) is 9.59 Å². The Labute approximate surface area is 267 Å². The van der Waals surface area contributed by atoms with Gasteiger partial charge in [-0.15, -0.1) is 0 Å². The molecular formula is C34H42ClN2O6S-. The number of benzene rings is 2. The minimum absolute atomic E-state index is 0.184. The number of rotatable bonds is 2. The molecule has 2 aromatic carbocycles. The van der Waals surface area contributed by atoms with E-state index >= 15 is 0 Å². The van der Waals surface area contributed by atoms with E-state index < -0.39 is 33.8 Å². The van der Waals surface area contributed by atoms with Crippen molar-refractivity contribution >= 4 is 39.8 Å². The number of anilines is 1. The molecule has 0 unspecified atom stereocenters. The van der Waals surface area contributed by atoms with Crippen LogP contribution >= 0.6 is 11.6 Å². The van der Waals surface area contributed by atoms with Crippen LogP contribution in [0.4, 0.5) is 5.69 Å². The van der Waals surface area contributed by atoms with Gasteiger partial charge in [-0.2, -0.15) is 10.6 Å². The fourth-order valence-corrected chi connectivity index (χ4v) is 7.54. The molecule has 1 aliphatic carbocycles. The maximum Gasteiger partial charge on any atom is 0.303 e.